The van der Waals surface area contributed by atoms with Crippen LogP contribution >= 0.6 is 0 Å². The summed E-state index contributed by atoms with van der Waals surface area (Å²) in [6.07, 6.45) is 6.56. The average Bonchev–Trinajstić information content (AvgIpc) is 3.52. The van der Waals surface area contributed by atoms with Crippen LogP contribution < -0.4 is 15.4 Å². The van der Waals surface area contributed by atoms with Gasteiger partial charge in [-0.05, 0) is 24.6 Å². The van der Waals surface area contributed by atoms with E-state index in [1.807, 2.05) is 37.4 Å². The molecule has 0 aliphatic carbocycles. The number of aromatic nitrogens is 6. The molecule has 0 atom stereocenters. The molecular formula is C22H24N8O3. The number of benzene rings is 1. The highest BCUT2D eigenvalue weighted by molar-refractivity contribution is 6.07. The van der Waals surface area contributed by atoms with Crippen LogP contribution in [0.4, 0.5) is 5.69 Å². The minimum absolute atomic E-state index is 0.160. The van der Waals surface area contributed by atoms with E-state index in [-0.39, 0.29) is 29.7 Å². The molecule has 0 aliphatic rings. The first kappa shape index (κ1) is 21.8. The molecule has 0 saturated carbocycles. The Kier molecular flexibility index (Phi) is 6.20. The van der Waals surface area contributed by atoms with Crippen LogP contribution in [0.5, 0.6) is 5.75 Å². The second kappa shape index (κ2) is 9.39. The number of amides is 2. The molecule has 1 aromatic carbocycles. The lowest BCUT2D eigenvalue weighted by Crippen LogP contribution is -2.26. The van der Waals surface area contributed by atoms with Crippen molar-refractivity contribution in [2.75, 3.05) is 5.32 Å². The molecule has 11 heteroatoms. The number of carbonyl (C=O) groups excluding carboxylic acids is 2. The number of nitrogens with zero attached hydrogens (tertiary/aromatic N) is 6. The molecule has 3 heterocycles. The standard InChI is InChI=1S/C22H24N8O3/c1-15-6-4-5-7-19(15)33-14-30-9-8-17(27-30)21(31)26-18-12-25-29(3)20(18)22(32)23-10-16-11-24-28(2)13-16/h4-9,11-13H,10,14H2,1-3H3,(H,23,32)(H,26,31). The average molecular weight is 448 g/mol. The predicted octanol–water partition coefficient (Wildman–Crippen LogP) is 1.88. The van der Waals surface area contributed by atoms with Gasteiger partial charge in [-0.3, -0.25) is 19.0 Å². The zero-order valence-corrected chi connectivity index (χ0v) is 18.5. The summed E-state index contributed by atoms with van der Waals surface area (Å²) >= 11 is 0. The molecule has 2 amide bonds. The topological polar surface area (TPSA) is 121 Å². The minimum atomic E-state index is -0.459. The van der Waals surface area contributed by atoms with E-state index >= 15 is 0 Å². The number of para-hydroxylation sites is 1. The van der Waals surface area contributed by atoms with Crippen LogP contribution in [0.2, 0.25) is 0 Å². The van der Waals surface area contributed by atoms with Gasteiger partial charge in [0.25, 0.3) is 11.8 Å². The summed E-state index contributed by atoms with van der Waals surface area (Å²) in [5, 5.41) is 17.9. The van der Waals surface area contributed by atoms with Gasteiger partial charge in [-0.1, -0.05) is 18.2 Å². The number of rotatable bonds is 8. The molecule has 4 rings (SSSR count). The minimum Gasteiger partial charge on any atom is -0.471 e. The van der Waals surface area contributed by atoms with Gasteiger partial charge in [0.1, 0.15) is 11.4 Å². The van der Waals surface area contributed by atoms with Crippen molar-refractivity contribution in [1.82, 2.24) is 34.7 Å². The van der Waals surface area contributed by atoms with E-state index in [9.17, 15) is 9.59 Å². The molecule has 0 unspecified atom stereocenters. The van der Waals surface area contributed by atoms with E-state index in [0.29, 0.717) is 6.54 Å². The lowest BCUT2D eigenvalue weighted by Gasteiger charge is -2.09. The summed E-state index contributed by atoms with van der Waals surface area (Å²) in [5.74, 6) is -0.0819. The number of hydrogen-bond acceptors (Lipinski definition) is 6. The second-order valence-corrected chi connectivity index (χ2v) is 7.47. The number of carbonyl (C=O) groups is 2. The van der Waals surface area contributed by atoms with E-state index in [1.165, 1.54) is 15.6 Å². The third-order valence-corrected chi connectivity index (χ3v) is 4.93. The molecule has 3 aromatic heterocycles. The van der Waals surface area contributed by atoms with Crippen molar-refractivity contribution in [1.29, 1.82) is 0 Å². The van der Waals surface area contributed by atoms with Gasteiger partial charge in [0.05, 0.1) is 18.1 Å². The van der Waals surface area contributed by atoms with Crippen molar-refractivity contribution in [3.63, 3.8) is 0 Å². The summed E-state index contributed by atoms with van der Waals surface area (Å²) in [6, 6.07) is 9.23. The Labute approximate surface area is 190 Å². The van der Waals surface area contributed by atoms with Crippen LogP contribution in [0, 0.1) is 6.92 Å². The Bertz CT molecular complexity index is 1290. The molecule has 170 valence electrons. The smallest absolute Gasteiger partial charge is 0.276 e. The maximum atomic E-state index is 12.7. The maximum absolute atomic E-state index is 12.7. The molecule has 0 saturated heterocycles. The highest BCUT2D eigenvalue weighted by Crippen LogP contribution is 2.17. The number of ether oxygens (including phenoxy) is 1. The fourth-order valence-corrected chi connectivity index (χ4v) is 3.22. The zero-order chi connectivity index (χ0) is 23.4. The predicted molar refractivity (Wildman–Crippen MR) is 120 cm³/mol. The largest absolute Gasteiger partial charge is 0.471 e. The van der Waals surface area contributed by atoms with Gasteiger partial charge in [-0.15, -0.1) is 0 Å². The molecule has 0 spiro atoms. The van der Waals surface area contributed by atoms with Gasteiger partial charge >= 0.3 is 0 Å². The van der Waals surface area contributed by atoms with Crippen LogP contribution in [0.15, 0.2) is 55.1 Å². The van der Waals surface area contributed by atoms with Crippen molar-refractivity contribution < 1.29 is 14.3 Å². The molecular weight excluding hydrogens is 424 g/mol. The molecule has 4 aromatic rings. The number of aryl methyl sites for hydroxylation is 3. The van der Waals surface area contributed by atoms with Crippen molar-refractivity contribution >= 4 is 17.5 Å². The van der Waals surface area contributed by atoms with Crippen LogP contribution in [0.25, 0.3) is 0 Å². The quantitative estimate of drug-likeness (QED) is 0.425. The third-order valence-electron chi connectivity index (χ3n) is 4.93. The summed E-state index contributed by atoms with van der Waals surface area (Å²) in [5.41, 5.74) is 2.58. The zero-order valence-electron chi connectivity index (χ0n) is 18.5. The monoisotopic (exact) mass is 448 g/mol. The Morgan fingerprint density at radius 3 is 2.64 bits per heavy atom. The Balaban J connectivity index is 1.39. The van der Waals surface area contributed by atoms with Crippen LogP contribution in [-0.4, -0.2) is 41.2 Å². The van der Waals surface area contributed by atoms with E-state index in [0.717, 1.165) is 16.9 Å². The van der Waals surface area contributed by atoms with Crippen LogP contribution in [-0.2, 0) is 27.4 Å². The maximum Gasteiger partial charge on any atom is 0.276 e. The first-order valence-electron chi connectivity index (χ1n) is 10.2. The van der Waals surface area contributed by atoms with Crippen LogP contribution in [0.1, 0.15) is 32.1 Å². The summed E-state index contributed by atoms with van der Waals surface area (Å²) in [6.45, 7) is 2.42. The van der Waals surface area contributed by atoms with Gasteiger partial charge in [0, 0.05) is 38.6 Å². The van der Waals surface area contributed by atoms with Crippen LogP contribution in [0.3, 0.4) is 0 Å². The van der Waals surface area contributed by atoms with E-state index in [2.05, 4.69) is 25.9 Å². The van der Waals surface area contributed by atoms with Gasteiger partial charge < -0.3 is 15.4 Å². The van der Waals surface area contributed by atoms with Crippen molar-refractivity contribution in [2.45, 2.75) is 20.2 Å². The summed E-state index contributed by atoms with van der Waals surface area (Å²) in [7, 11) is 3.43. The number of anilines is 1. The lowest BCUT2D eigenvalue weighted by molar-refractivity contribution is 0.0942. The fraction of sp³-hybridized carbons (Fsp3) is 0.227. The molecule has 11 nitrogen and oxygen atoms in total. The van der Waals surface area contributed by atoms with E-state index in [4.69, 9.17) is 4.74 Å². The molecule has 0 fully saturated rings. The highest BCUT2D eigenvalue weighted by atomic mass is 16.5. The molecule has 2 N–H and O–H groups in total. The molecule has 0 aliphatic heterocycles. The summed E-state index contributed by atoms with van der Waals surface area (Å²) < 4.78 is 10.3. The molecule has 33 heavy (non-hydrogen) atoms. The normalized spacial score (nSPS) is 10.8. The van der Waals surface area contributed by atoms with Gasteiger partial charge in [-0.2, -0.15) is 15.3 Å². The van der Waals surface area contributed by atoms with Crippen molar-refractivity contribution in [2.24, 2.45) is 14.1 Å². The van der Waals surface area contributed by atoms with Crippen molar-refractivity contribution in [3.05, 3.63) is 77.6 Å². The van der Waals surface area contributed by atoms with E-state index in [1.54, 1.807) is 37.2 Å². The Hall–Kier alpha value is -4.41. The highest BCUT2D eigenvalue weighted by Gasteiger charge is 2.20. The third kappa shape index (κ3) is 5.09. The van der Waals surface area contributed by atoms with Crippen molar-refractivity contribution in [3.8, 4) is 5.75 Å². The van der Waals surface area contributed by atoms with Gasteiger partial charge in [0.15, 0.2) is 12.4 Å². The van der Waals surface area contributed by atoms with E-state index < -0.39 is 5.91 Å². The Morgan fingerprint density at radius 2 is 1.88 bits per heavy atom. The van der Waals surface area contributed by atoms with Gasteiger partial charge in [-0.25, -0.2) is 4.68 Å². The first-order chi connectivity index (χ1) is 15.9. The SMILES string of the molecule is Cc1ccccc1OCn1ccc(C(=O)Nc2cnn(C)c2C(=O)NCc2cnn(C)c2)n1. The first-order valence-corrected chi connectivity index (χ1v) is 10.2. The molecule has 0 radical (unpaired) electrons. The Morgan fingerprint density at radius 1 is 1.06 bits per heavy atom. The summed E-state index contributed by atoms with van der Waals surface area (Å²) in [4.78, 5) is 25.4. The fourth-order valence-electron chi connectivity index (χ4n) is 3.22. The lowest BCUT2D eigenvalue weighted by atomic mass is 10.2. The van der Waals surface area contributed by atoms with Gasteiger partial charge in [0.2, 0.25) is 0 Å². The number of nitrogens with one attached hydrogen (secondary N) is 2. The molecule has 0 bridgehead atoms. The number of hydrogen-bond donors (Lipinski definition) is 2. The second-order valence-electron chi connectivity index (χ2n) is 7.47.